The Morgan fingerprint density at radius 2 is 1.95 bits per heavy atom. The number of ether oxygens (including phenoxy) is 2. The Morgan fingerprint density at radius 1 is 1.20 bits per heavy atom. The molecule has 1 fully saturated rings. The highest BCUT2D eigenvalue weighted by atomic mass is 16.5. The van der Waals surface area contributed by atoms with Gasteiger partial charge in [0.25, 0.3) is 0 Å². The van der Waals surface area contributed by atoms with Crippen LogP contribution in [0.5, 0.6) is 11.5 Å². The molecule has 1 aromatic rings. The fourth-order valence-corrected chi connectivity index (χ4v) is 2.77. The molecule has 0 heterocycles. The van der Waals surface area contributed by atoms with Crippen LogP contribution in [0.2, 0.25) is 0 Å². The molecule has 0 atom stereocenters. The fourth-order valence-electron chi connectivity index (χ4n) is 2.77. The molecule has 1 aliphatic rings. The lowest BCUT2D eigenvalue weighted by Gasteiger charge is -2.28. The smallest absolute Gasteiger partial charge is 0.166 e. The molecule has 1 aliphatic carbocycles. The maximum atomic E-state index is 6.29. The lowest BCUT2D eigenvalue weighted by atomic mass is 9.89. The third kappa shape index (κ3) is 3.89. The Kier molecular flexibility index (Phi) is 5.72. The van der Waals surface area contributed by atoms with E-state index >= 15 is 0 Å². The molecule has 3 nitrogen and oxygen atoms in total. The quantitative estimate of drug-likeness (QED) is 0.858. The SMILES string of the molecule is CCNCc1cccc(OC)c1OC1CCC(C)CC1. The Labute approximate surface area is 122 Å². The molecular weight excluding hydrogens is 250 g/mol. The van der Waals surface area contributed by atoms with Gasteiger partial charge in [-0.05, 0) is 44.2 Å². The summed E-state index contributed by atoms with van der Waals surface area (Å²) in [4.78, 5) is 0. The minimum Gasteiger partial charge on any atom is -0.493 e. The molecule has 0 radical (unpaired) electrons. The van der Waals surface area contributed by atoms with Crippen LogP contribution in [0.3, 0.4) is 0 Å². The van der Waals surface area contributed by atoms with Crippen molar-refractivity contribution in [2.24, 2.45) is 5.92 Å². The van der Waals surface area contributed by atoms with E-state index in [1.165, 1.54) is 18.4 Å². The first-order valence-electron chi connectivity index (χ1n) is 7.77. The molecule has 1 saturated carbocycles. The van der Waals surface area contributed by atoms with Crippen molar-refractivity contribution in [3.05, 3.63) is 23.8 Å². The van der Waals surface area contributed by atoms with Crippen LogP contribution in [0.25, 0.3) is 0 Å². The van der Waals surface area contributed by atoms with Crippen molar-refractivity contribution >= 4 is 0 Å². The summed E-state index contributed by atoms with van der Waals surface area (Å²) in [5.41, 5.74) is 1.19. The Bertz CT molecular complexity index is 411. The normalized spacial score (nSPS) is 22.6. The van der Waals surface area contributed by atoms with E-state index in [0.29, 0.717) is 6.10 Å². The zero-order valence-electron chi connectivity index (χ0n) is 12.9. The van der Waals surface area contributed by atoms with Gasteiger partial charge < -0.3 is 14.8 Å². The molecule has 0 bridgehead atoms. The van der Waals surface area contributed by atoms with Crippen LogP contribution in [0, 0.1) is 5.92 Å². The summed E-state index contributed by atoms with van der Waals surface area (Å²) in [6.45, 7) is 6.23. The first-order chi connectivity index (χ1) is 9.74. The summed E-state index contributed by atoms with van der Waals surface area (Å²) >= 11 is 0. The molecule has 1 N–H and O–H groups in total. The van der Waals surface area contributed by atoms with E-state index in [-0.39, 0.29) is 0 Å². The first-order valence-corrected chi connectivity index (χ1v) is 7.77. The van der Waals surface area contributed by atoms with E-state index in [1.54, 1.807) is 7.11 Å². The second-order valence-corrected chi connectivity index (χ2v) is 5.73. The molecular formula is C17H27NO2. The molecule has 2 rings (SSSR count). The number of para-hydroxylation sites is 1. The summed E-state index contributed by atoms with van der Waals surface area (Å²) in [6.07, 6.45) is 5.17. The van der Waals surface area contributed by atoms with Crippen LogP contribution >= 0.6 is 0 Å². The molecule has 0 unspecified atom stereocenters. The highest BCUT2D eigenvalue weighted by Gasteiger charge is 2.22. The van der Waals surface area contributed by atoms with Gasteiger partial charge in [0, 0.05) is 12.1 Å². The monoisotopic (exact) mass is 277 g/mol. The molecule has 3 heteroatoms. The predicted octanol–water partition coefficient (Wildman–Crippen LogP) is 3.76. The fraction of sp³-hybridized carbons (Fsp3) is 0.647. The van der Waals surface area contributed by atoms with Gasteiger partial charge in [-0.25, -0.2) is 0 Å². The van der Waals surface area contributed by atoms with Crippen molar-refractivity contribution in [1.82, 2.24) is 5.32 Å². The molecule has 0 saturated heterocycles. The molecule has 20 heavy (non-hydrogen) atoms. The highest BCUT2D eigenvalue weighted by molar-refractivity contribution is 5.46. The lowest BCUT2D eigenvalue weighted by molar-refractivity contribution is 0.130. The van der Waals surface area contributed by atoms with Crippen molar-refractivity contribution in [3.8, 4) is 11.5 Å². The lowest BCUT2D eigenvalue weighted by Crippen LogP contribution is -2.24. The summed E-state index contributed by atoms with van der Waals surface area (Å²) in [7, 11) is 1.71. The average molecular weight is 277 g/mol. The van der Waals surface area contributed by atoms with Crippen molar-refractivity contribution in [1.29, 1.82) is 0 Å². The van der Waals surface area contributed by atoms with Crippen molar-refractivity contribution in [3.63, 3.8) is 0 Å². The topological polar surface area (TPSA) is 30.5 Å². The Balaban J connectivity index is 2.11. The molecule has 0 aliphatic heterocycles. The molecule has 1 aromatic carbocycles. The number of hydrogen-bond donors (Lipinski definition) is 1. The van der Waals surface area contributed by atoms with E-state index < -0.39 is 0 Å². The third-order valence-corrected chi connectivity index (χ3v) is 4.09. The molecule has 0 spiro atoms. The summed E-state index contributed by atoms with van der Waals surface area (Å²) in [5, 5.41) is 3.37. The van der Waals surface area contributed by atoms with Crippen LogP contribution in [0.15, 0.2) is 18.2 Å². The number of rotatable bonds is 6. The summed E-state index contributed by atoms with van der Waals surface area (Å²) < 4.78 is 11.8. The van der Waals surface area contributed by atoms with Gasteiger partial charge >= 0.3 is 0 Å². The van der Waals surface area contributed by atoms with E-state index in [1.807, 2.05) is 12.1 Å². The van der Waals surface area contributed by atoms with Crippen LogP contribution in [0.1, 0.15) is 45.1 Å². The van der Waals surface area contributed by atoms with E-state index in [0.717, 1.165) is 43.3 Å². The predicted molar refractivity (Wildman–Crippen MR) is 82.4 cm³/mol. The minimum atomic E-state index is 0.336. The van der Waals surface area contributed by atoms with Gasteiger partial charge in [-0.15, -0.1) is 0 Å². The largest absolute Gasteiger partial charge is 0.493 e. The van der Waals surface area contributed by atoms with Crippen LogP contribution in [-0.4, -0.2) is 19.8 Å². The Morgan fingerprint density at radius 3 is 2.60 bits per heavy atom. The van der Waals surface area contributed by atoms with Crippen LogP contribution in [-0.2, 0) is 6.54 Å². The van der Waals surface area contributed by atoms with Gasteiger partial charge in [-0.1, -0.05) is 26.0 Å². The third-order valence-electron chi connectivity index (χ3n) is 4.09. The molecule has 0 aromatic heterocycles. The number of methoxy groups -OCH3 is 1. The zero-order chi connectivity index (χ0) is 14.4. The van der Waals surface area contributed by atoms with Crippen LogP contribution < -0.4 is 14.8 Å². The van der Waals surface area contributed by atoms with Gasteiger partial charge in [0.1, 0.15) is 0 Å². The highest BCUT2D eigenvalue weighted by Crippen LogP contribution is 2.35. The number of hydrogen-bond acceptors (Lipinski definition) is 3. The maximum Gasteiger partial charge on any atom is 0.166 e. The minimum absolute atomic E-state index is 0.336. The van der Waals surface area contributed by atoms with Gasteiger partial charge in [-0.2, -0.15) is 0 Å². The maximum absolute atomic E-state index is 6.29. The van der Waals surface area contributed by atoms with E-state index in [4.69, 9.17) is 9.47 Å². The van der Waals surface area contributed by atoms with E-state index in [9.17, 15) is 0 Å². The van der Waals surface area contributed by atoms with Gasteiger partial charge in [-0.3, -0.25) is 0 Å². The van der Waals surface area contributed by atoms with Gasteiger partial charge in [0.15, 0.2) is 11.5 Å². The Hall–Kier alpha value is -1.22. The molecule has 0 amide bonds. The molecule has 112 valence electrons. The van der Waals surface area contributed by atoms with E-state index in [2.05, 4.69) is 25.2 Å². The average Bonchev–Trinajstić information content (AvgIpc) is 2.48. The van der Waals surface area contributed by atoms with Gasteiger partial charge in [0.2, 0.25) is 0 Å². The van der Waals surface area contributed by atoms with Crippen LogP contribution in [0.4, 0.5) is 0 Å². The number of benzene rings is 1. The zero-order valence-corrected chi connectivity index (χ0v) is 12.9. The summed E-state index contributed by atoms with van der Waals surface area (Å²) in [6, 6.07) is 6.13. The number of nitrogens with one attached hydrogen (secondary N) is 1. The van der Waals surface area contributed by atoms with Gasteiger partial charge in [0.05, 0.1) is 13.2 Å². The standard InChI is InChI=1S/C17H27NO2/c1-4-18-12-14-6-5-7-16(19-3)17(14)20-15-10-8-13(2)9-11-15/h5-7,13,15,18H,4,8-12H2,1-3H3. The second kappa shape index (κ2) is 7.53. The second-order valence-electron chi connectivity index (χ2n) is 5.73. The first kappa shape index (κ1) is 15.2. The van der Waals surface area contributed by atoms with Crippen molar-refractivity contribution in [2.45, 2.75) is 52.2 Å². The summed E-state index contributed by atoms with van der Waals surface area (Å²) in [5.74, 6) is 2.61. The van der Waals surface area contributed by atoms with Crippen molar-refractivity contribution < 1.29 is 9.47 Å². The van der Waals surface area contributed by atoms with Crippen molar-refractivity contribution in [2.75, 3.05) is 13.7 Å².